The first-order chi connectivity index (χ1) is 16.4. The molecule has 4 rings (SSSR count). The van der Waals surface area contributed by atoms with Gasteiger partial charge in [0.1, 0.15) is 29.8 Å². The molecule has 0 radical (unpaired) electrons. The van der Waals surface area contributed by atoms with Crippen molar-refractivity contribution in [1.82, 2.24) is 15.0 Å². The Hall–Kier alpha value is -3.60. The van der Waals surface area contributed by atoms with Crippen molar-refractivity contribution in [3.8, 4) is 17.1 Å². The van der Waals surface area contributed by atoms with Crippen LogP contribution in [-0.4, -0.2) is 50.4 Å². The summed E-state index contributed by atoms with van der Waals surface area (Å²) < 4.78 is 32.5. The summed E-state index contributed by atoms with van der Waals surface area (Å²) in [5, 5.41) is 21.2. The van der Waals surface area contributed by atoms with Gasteiger partial charge in [-0.1, -0.05) is 17.7 Å². The Morgan fingerprint density at radius 1 is 1.21 bits per heavy atom. The summed E-state index contributed by atoms with van der Waals surface area (Å²) in [6, 6.07) is 10.6. The predicted molar refractivity (Wildman–Crippen MR) is 122 cm³/mol. The third-order valence-corrected chi connectivity index (χ3v) is 5.12. The quantitative estimate of drug-likeness (QED) is 0.295. The van der Waals surface area contributed by atoms with Gasteiger partial charge in [-0.3, -0.25) is 9.78 Å². The molecule has 0 saturated carbocycles. The van der Waals surface area contributed by atoms with Crippen molar-refractivity contribution in [2.24, 2.45) is 0 Å². The summed E-state index contributed by atoms with van der Waals surface area (Å²) in [7, 11) is 0. The van der Waals surface area contributed by atoms with Gasteiger partial charge in [-0.2, -0.15) is 0 Å². The summed E-state index contributed by atoms with van der Waals surface area (Å²) in [4.78, 5) is 24.3. The van der Waals surface area contributed by atoms with E-state index in [9.17, 15) is 18.7 Å². The predicted octanol–water partition coefficient (Wildman–Crippen LogP) is 4.20. The van der Waals surface area contributed by atoms with Gasteiger partial charge in [-0.05, 0) is 30.3 Å². The highest BCUT2D eigenvalue weighted by Gasteiger charge is 2.20. The SMILES string of the molecule is O=C(Nc1cccc(OCC(O)CO)c1)c1cncc2[nH]c(-c3ccc(Cl)cc3C(F)F)nc12. The molecule has 0 bridgehead atoms. The number of aliphatic hydroxyl groups is 2. The molecule has 0 saturated heterocycles. The molecule has 11 heteroatoms. The monoisotopic (exact) mass is 488 g/mol. The number of H-pyrrole nitrogens is 1. The van der Waals surface area contributed by atoms with Gasteiger partial charge in [0.25, 0.3) is 12.3 Å². The number of aromatic nitrogens is 3. The molecule has 1 amide bonds. The Balaban J connectivity index is 1.61. The lowest BCUT2D eigenvalue weighted by atomic mass is 10.1. The number of carbonyl (C=O) groups excluding carboxylic acids is 1. The maximum atomic E-state index is 13.5. The van der Waals surface area contributed by atoms with Crippen LogP contribution >= 0.6 is 11.6 Å². The molecule has 176 valence electrons. The van der Waals surface area contributed by atoms with E-state index in [0.29, 0.717) is 17.0 Å². The number of aliphatic hydroxyl groups excluding tert-OH is 2. The molecule has 1 unspecified atom stereocenters. The van der Waals surface area contributed by atoms with Crippen molar-refractivity contribution in [3.05, 3.63) is 71.0 Å². The number of ether oxygens (including phenoxy) is 1. The highest BCUT2D eigenvalue weighted by molar-refractivity contribution is 6.30. The van der Waals surface area contributed by atoms with E-state index in [1.165, 1.54) is 30.6 Å². The Morgan fingerprint density at radius 3 is 2.79 bits per heavy atom. The number of aromatic amines is 1. The van der Waals surface area contributed by atoms with Gasteiger partial charge in [-0.15, -0.1) is 0 Å². The van der Waals surface area contributed by atoms with Crippen molar-refractivity contribution < 1.29 is 28.5 Å². The number of amides is 1. The Morgan fingerprint density at radius 2 is 2.03 bits per heavy atom. The van der Waals surface area contributed by atoms with Gasteiger partial charge < -0.3 is 25.3 Å². The second-order valence-corrected chi connectivity index (χ2v) is 7.77. The number of anilines is 1. The van der Waals surface area contributed by atoms with Crippen molar-refractivity contribution in [2.45, 2.75) is 12.5 Å². The zero-order chi connectivity index (χ0) is 24.2. The van der Waals surface area contributed by atoms with Crippen LogP contribution in [0.4, 0.5) is 14.5 Å². The molecule has 2 heterocycles. The molecule has 4 aromatic rings. The minimum Gasteiger partial charge on any atom is -0.491 e. The lowest BCUT2D eigenvalue weighted by Crippen LogP contribution is -2.21. The number of hydrogen-bond donors (Lipinski definition) is 4. The van der Waals surface area contributed by atoms with Gasteiger partial charge >= 0.3 is 0 Å². The van der Waals surface area contributed by atoms with Crippen LogP contribution in [0.5, 0.6) is 5.75 Å². The van der Waals surface area contributed by atoms with Crippen molar-refractivity contribution >= 4 is 34.2 Å². The fourth-order valence-electron chi connectivity index (χ4n) is 3.26. The number of benzene rings is 2. The second-order valence-electron chi connectivity index (χ2n) is 7.33. The smallest absolute Gasteiger partial charge is 0.264 e. The largest absolute Gasteiger partial charge is 0.491 e. The zero-order valence-electron chi connectivity index (χ0n) is 17.5. The number of fused-ring (bicyclic) bond motifs is 1. The summed E-state index contributed by atoms with van der Waals surface area (Å²) in [6.45, 7) is -0.549. The van der Waals surface area contributed by atoms with Crippen molar-refractivity contribution in [3.63, 3.8) is 0 Å². The average Bonchev–Trinajstić information content (AvgIpc) is 3.26. The number of carbonyl (C=O) groups is 1. The van der Waals surface area contributed by atoms with E-state index in [1.54, 1.807) is 24.3 Å². The highest BCUT2D eigenvalue weighted by atomic mass is 35.5. The first kappa shape index (κ1) is 23.6. The molecule has 0 spiro atoms. The van der Waals surface area contributed by atoms with Crippen LogP contribution in [0.15, 0.2) is 54.9 Å². The highest BCUT2D eigenvalue weighted by Crippen LogP contribution is 2.33. The lowest BCUT2D eigenvalue weighted by molar-refractivity contribution is 0.0536. The molecule has 0 aliphatic rings. The van der Waals surface area contributed by atoms with E-state index in [-0.39, 0.29) is 39.7 Å². The van der Waals surface area contributed by atoms with Gasteiger partial charge in [0.05, 0.1) is 23.9 Å². The molecule has 0 fully saturated rings. The topological polar surface area (TPSA) is 120 Å². The van der Waals surface area contributed by atoms with E-state index in [0.717, 1.165) is 0 Å². The second kappa shape index (κ2) is 10.1. The number of hydrogen-bond acceptors (Lipinski definition) is 6. The number of alkyl halides is 2. The molecule has 2 aromatic carbocycles. The average molecular weight is 489 g/mol. The molecular weight excluding hydrogens is 470 g/mol. The molecule has 34 heavy (non-hydrogen) atoms. The summed E-state index contributed by atoms with van der Waals surface area (Å²) >= 11 is 5.87. The number of nitrogens with zero attached hydrogens (tertiary/aromatic N) is 2. The maximum absolute atomic E-state index is 13.5. The molecule has 4 N–H and O–H groups in total. The van der Waals surface area contributed by atoms with Gasteiger partial charge in [0.15, 0.2) is 0 Å². The van der Waals surface area contributed by atoms with Crippen LogP contribution in [0.2, 0.25) is 5.02 Å². The van der Waals surface area contributed by atoms with E-state index in [1.807, 2.05) is 0 Å². The number of nitrogens with one attached hydrogen (secondary N) is 2. The number of pyridine rings is 1. The Kier molecular flexibility index (Phi) is 7.01. The summed E-state index contributed by atoms with van der Waals surface area (Å²) in [6.07, 6.45) is -1.02. The third kappa shape index (κ3) is 5.14. The van der Waals surface area contributed by atoms with E-state index >= 15 is 0 Å². The molecule has 1 atom stereocenters. The van der Waals surface area contributed by atoms with Gasteiger partial charge in [0.2, 0.25) is 0 Å². The standard InChI is InChI=1S/C23H19ClF2N4O4/c24-12-4-5-16(17(6-12)21(25)26)22-29-19-9-27-8-18(20(19)30-22)23(33)28-13-2-1-3-15(7-13)34-11-14(32)10-31/h1-9,14,21,31-32H,10-11H2,(H,28,33)(H,29,30). The Bertz CT molecular complexity index is 1330. The zero-order valence-corrected chi connectivity index (χ0v) is 18.3. The normalized spacial score (nSPS) is 12.2. The fraction of sp³-hybridized carbons (Fsp3) is 0.174. The fourth-order valence-corrected chi connectivity index (χ4v) is 3.44. The minimum absolute atomic E-state index is 0.113. The first-order valence-electron chi connectivity index (χ1n) is 10.1. The van der Waals surface area contributed by atoms with Crippen LogP contribution < -0.4 is 10.1 Å². The van der Waals surface area contributed by atoms with Gasteiger partial charge in [-0.25, -0.2) is 13.8 Å². The van der Waals surface area contributed by atoms with E-state index < -0.39 is 25.0 Å². The van der Waals surface area contributed by atoms with Crippen LogP contribution in [0.25, 0.3) is 22.4 Å². The third-order valence-electron chi connectivity index (χ3n) is 4.89. The van der Waals surface area contributed by atoms with Crippen molar-refractivity contribution in [2.75, 3.05) is 18.5 Å². The van der Waals surface area contributed by atoms with Crippen LogP contribution in [0, 0.1) is 0 Å². The summed E-state index contributed by atoms with van der Waals surface area (Å²) in [5.74, 6) is 0.0155. The number of rotatable bonds is 8. The molecule has 8 nitrogen and oxygen atoms in total. The van der Waals surface area contributed by atoms with Gasteiger partial charge in [0, 0.05) is 34.1 Å². The van der Waals surface area contributed by atoms with Crippen LogP contribution in [-0.2, 0) is 0 Å². The number of halogens is 3. The maximum Gasteiger partial charge on any atom is 0.264 e. The van der Waals surface area contributed by atoms with E-state index in [2.05, 4.69) is 20.3 Å². The van der Waals surface area contributed by atoms with Crippen molar-refractivity contribution in [1.29, 1.82) is 0 Å². The lowest BCUT2D eigenvalue weighted by Gasteiger charge is -2.11. The molecule has 0 aliphatic heterocycles. The van der Waals surface area contributed by atoms with Crippen LogP contribution in [0.1, 0.15) is 22.3 Å². The molecule has 2 aromatic heterocycles. The molecular formula is C23H19ClF2N4O4. The van der Waals surface area contributed by atoms with Crippen LogP contribution in [0.3, 0.4) is 0 Å². The Labute approximate surface area is 197 Å². The first-order valence-corrected chi connectivity index (χ1v) is 10.5. The van der Waals surface area contributed by atoms with E-state index in [4.69, 9.17) is 21.4 Å². The summed E-state index contributed by atoms with van der Waals surface area (Å²) in [5.41, 5.74) is 1.08. The molecule has 0 aliphatic carbocycles. The minimum atomic E-state index is -2.77. The number of imidazole rings is 1.